The number of anilines is 1. The Labute approximate surface area is 124 Å². The Morgan fingerprint density at radius 2 is 2.00 bits per heavy atom. The molecule has 0 aliphatic carbocycles. The Morgan fingerprint density at radius 1 is 1.24 bits per heavy atom. The van der Waals surface area contributed by atoms with Crippen molar-refractivity contribution in [3.63, 3.8) is 0 Å². The van der Waals surface area contributed by atoms with Gasteiger partial charge in [0.1, 0.15) is 5.82 Å². The van der Waals surface area contributed by atoms with Crippen LogP contribution in [-0.2, 0) is 0 Å². The minimum Gasteiger partial charge on any atom is -0.367 e. The van der Waals surface area contributed by atoms with E-state index in [-0.39, 0.29) is 5.92 Å². The number of nitrogens with one attached hydrogen (secondary N) is 1. The topological polar surface area (TPSA) is 50.2 Å². The molecule has 2 aromatic rings. The van der Waals surface area contributed by atoms with Crippen molar-refractivity contribution in [2.45, 2.75) is 19.8 Å². The fourth-order valence-electron chi connectivity index (χ4n) is 2.55. The summed E-state index contributed by atoms with van der Waals surface area (Å²) in [6.07, 6.45) is 5.49. The highest BCUT2D eigenvalue weighted by Crippen LogP contribution is 2.29. The number of aliphatic imine (C=N–C) groups is 1. The van der Waals surface area contributed by atoms with Gasteiger partial charge in [0, 0.05) is 24.7 Å². The molecule has 21 heavy (non-hydrogen) atoms. The van der Waals surface area contributed by atoms with Crippen molar-refractivity contribution >= 4 is 17.2 Å². The van der Waals surface area contributed by atoms with Crippen molar-refractivity contribution in [2.75, 3.05) is 11.9 Å². The maximum atomic E-state index is 4.82. The number of nitrogens with zero attached hydrogens (tertiary/aromatic N) is 3. The van der Waals surface area contributed by atoms with Crippen LogP contribution in [-0.4, -0.2) is 22.2 Å². The van der Waals surface area contributed by atoms with Gasteiger partial charge in [-0.2, -0.15) is 0 Å². The van der Waals surface area contributed by atoms with E-state index in [2.05, 4.69) is 34.3 Å². The zero-order valence-corrected chi connectivity index (χ0v) is 12.2. The number of allylic oxidation sites excluding steroid dienone is 1. The smallest absolute Gasteiger partial charge is 0.148 e. The summed E-state index contributed by atoms with van der Waals surface area (Å²) < 4.78 is 0. The lowest BCUT2D eigenvalue weighted by Crippen LogP contribution is -2.12. The van der Waals surface area contributed by atoms with Crippen LogP contribution in [0.3, 0.4) is 0 Å². The highest BCUT2D eigenvalue weighted by atomic mass is 15.1. The van der Waals surface area contributed by atoms with Crippen molar-refractivity contribution in [1.29, 1.82) is 0 Å². The Balaban J connectivity index is 1.90. The molecule has 2 heterocycles. The van der Waals surface area contributed by atoms with E-state index in [0.29, 0.717) is 0 Å². The third-order valence-electron chi connectivity index (χ3n) is 3.67. The first-order valence-corrected chi connectivity index (χ1v) is 7.11. The van der Waals surface area contributed by atoms with Crippen LogP contribution in [0.4, 0.5) is 5.82 Å². The number of fused-ring (bicyclic) bond motifs is 1. The van der Waals surface area contributed by atoms with Crippen molar-refractivity contribution < 1.29 is 0 Å². The zero-order chi connectivity index (χ0) is 14.7. The van der Waals surface area contributed by atoms with Gasteiger partial charge in [-0.3, -0.25) is 9.98 Å². The summed E-state index contributed by atoms with van der Waals surface area (Å²) in [4.78, 5) is 13.6. The second-order valence-electron chi connectivity index (χ2n) is 5.02. The minimum absolute atomic E-state index is 0.187. The molecule has 4 nitrogen and oxygen atoms in total. The fraction of sp³-hybridized carbons (Fsp3) is 0.235. The van der Waals surface area contributed by atoms with E-state index in [0.717, 1.165) is 35.0 Å². The van der Waals surface area contributed by atoms with Gasteiger partial charge in [0.25, 0.3) is 0 Å². The number of rotatable bonds is 3. The summed E-state index contributed by atoms with van der Waals surface area (Å²) in [5.41, 5.74) is 4.16. The van der Waals surface area contributed by atoms with E-state index in [1.807, 2.05) is 31.2 Å². The van der Waals surface area contributed by atoms with Gasteiger partial charge in [0.15, 0.2) is 0 Å². The number of benzene rings is 1. The molecule has 0 saturated carbocycles. The third kappa shape index (κ3) is 2.70. The summed E-state index contributed by atoms with van der Waals surface area (Å²) in [7, 11) is 0. The van der Waals surface area contributed by atoms with Crippen LogP contribution in [0.5, 0.6) is 0 Å². The maximum absolute atomic E-state index is 4.82. The molecule has 0 bridgehead atoms. The highest BCUT2D eigenvalue weighted by molar-refractivity contribution is 5.95. The van der Waals surface area contributed by atoms with E-state index in [1.165, 1.54) is 0 Å². The normalized spacial score (nSPS) is 18.3. The van der Waals surface area contributed by atoms with Crippen molar-refractivity contribution in [3.05, 3.63) is 60.1 Å². The lowest BCUT2D eigenvalue weighted by Gasteiger charge is -2.10. The molecule has 1 atom stereocenters. The van der Waals surface area contributed by atoms with Gasteiger partial charge < -0.3 is 5.32 Å². The molecule has 0 radical (unpaired) electrons. The molecule has 1 aliphatic heterocycles. The number of aromatic nitrogens is 2. The van der Waals surface area contributed by atoms with Gasteiger partial charge in [-0.25, -0.2) is 4.98 Å². The van der Waals surface area contributed by atoms with Crippen molar-refractivity contribution in [2.24, 2.45) is 4.99 Å². The maximum Gasteiger partial charge on any atom is 0.148 e. The zero-order valence-electron chi connectivity index (χ0n) is 12.2. The first kappa shape index (κ1) is 13.5. The first-order valence-electron chi connectivity index (χ1n) is 7.11. The molecule has 0 saturated heterocycles. The molecule has 3 rings (SSSR count). The molecule has 0 spiro atoms. The van der Waals surface area contributed by atoms with Crippen LogP contribution < -0.4 is 5.32 Å². The summed E-state index contributed by atoms with van der Waals surface area (Å²) >= 11 is 0. The standard InChI is InChI=1S/C17H18N4/c1-3-15(13-7-5-4-6-8-13)21-12(2)14-11-20-17-16(14)18-9-10-19-17/h3-10,14H,11H2,1-2H3,(H,19,20)/b15-3-,21-12?. The van der Waals surface area contributed by atoms with Crippen LogP contribution in [0.25, 0.3) is 5.70 Å². The van der Waals surface area contributed by atoms with E-state index >= 15 is 0 Å². The van der Waals surface area contributed by atoms with Gasteiger partial charge in [0.05, 0.1) is 17.3 Å². The van der Waals surface area contributed by atoms with Gasteiger partial charge in [-0.15, -0.1) is 0 Å². The van der Waals surface area contributed by atoms with E-state index in [1.54, 1.807) is 12.4 Å². The molecule has 1 aromatic heterocycles. The van der Waals surface area contributed by atoms with Crippen LogP contribution in [0.2, 0.25) is 0 Å². The largest absolute Gasteiger partial charge is 0.367 e. The molecule has 1 aliphatic rings. The van der Waals surface area contributed by atoms with Gasteiger partial charge >= 0.3 is 0 Å². The summed E-state index contributed by atoms with van der Waals surface area (Å²) in [6.45, 7) is 4.88. The quantitative estimate of drug-likeness (QED) is 0.874. The van der Waals surface area contributed by atoms with E-state index in [4.69, 9.17) is 4.99 Å². The molecule has 4 heteroatoms. The number of hydrogen-bond donors (Lipinski definition) is 1. The first-order chi connectivity index (χ1) is 10.3. The molecule has 0 fully saturated rings. The summed E-state index contributed by atoms with van der Waals surface area (Å²) in [5.74, 6) is 1.06. The fourth-order valence-corrected chi connectivity index (χ4v) is 2.55. The third-order valence-corrected chi connectivity index (χ3v) is 3.67. The molecular weight excluding hydrogens is 260 g/mol. The van der Waals surface area contributed by atoms with Crippen LogP contribution in [0, 0.1) is 0 Å². The van der Waals surface area contributed by atoms with E-state index < -0.39 is 0 Å². The molecule has 1 N–H and O–H groups in total. The summed E-state index contributed by atoms with van der Waals surface area (Å²) in [5, 5.41) is 3.29. The summed E-state index contributed by atoms with van der Waals surface area (Å²) in [6, 6.07) is 10.2. The Hall–Kier alpha value is -2.49. The Kier molecular flexibility index (Phi) is 3.77. The highest BCUT2D eigenvalue weighted by Gasteiger charge is 2.26. The average Bonchev–Trinajstić information content (AvgIpc) is 2.97. The predicted molar refractivity (Wildman–Crippen MR) is 86.5 cm³/mol. The van der Waals surface area contributed by atoms with Crippen molar-refractivity contribution in [1.82, 2.24) is 9.97 Å². The predicted octanol–water partition coefficient (Wildman–Crippen LogP) is 3.51. The molecule has 1 unspecified atom stereocenters. The Bertz CT molecular complexity index is 689. The molecule has 106 valence electrons. The number of hydrogen-bond acceptors (Lipinski definition) is 4. The lowest BCUT2D eigenvalue weighted by molar-refractivity contribution is 0.943. The van der Waals surface area contributed by atoms with Gasteiger partial charge in [0.2, 0.25) is 0 Å². The monoisotopic (exact) mass is 278 g/mol. The Morgan fingerprint density at radius 3 is 2.76 bits per heavy atom. The molecule has 1 aromatic carbocycles. The van der Waals surface area contributed by atoms with Crippen LogP contribution in [0.15, 0.2) is 53.8 Å². The second-order valence-corrected chi connectivity index (χ2v) is 5.02. The SMILES string of the molecule is C/C=C(\N=C(C)C1CNc2nccnc21)c1ccccc1. The molecular formula is C17H18N4. The average molecular weight is 278 g/mol. The van der Waals surface area contributed by atoms with Gasteiger partial charge in [-0.1, -0.05) is 36.4 Å². The van der Waals surface area contributed by atoms with Crippen molar-refractivity contribution in [3.8, 4) is 0 Å². The second kappa shape index (κ2) is 5.87. The van der Waals surface area contributed by atoms with E-state index in [9.17, 15) is 0 Å². The lowest BCUT2D eigenvalue weighted by atomic mass is 10.0. The molecule has 0 amide bonds. The van der Waals surface area contributed by atoms with Crippen LogP contribution >= 0.6 is 0 Å². The van der Waals surface area contributed by atoms with Crippen LogP contribution in [0.1, 0.15) is 31.0 Å². The minimum atomic E-state index is 0.187. The van der Waals surface area contributed by atoms with Gasteiger partial charge in [-0.05, 0) is 19.4 Å².